The summed E-state index contributed by atoms with van der Waals surface area (Å²) in [6, 6.07) is -1.21. The molecular formula is C16H23NO6. The van der Waals surface area contributed by atoms with Crippen LogP contribution in [0.5, 0.6) is 0 Å². The van der Waals surface area contributed by atoms with Gasteiger partial charge in [0.2, 0.25) is 0 Å². The number of esters is 1. The van der Waals surface area contributed by atoms with Gasteiger partial charge >= 0.3 is 12.1 Å². The number of methoxy groups -OCH3 is 1. The zero-order valence-electron chi connectivity index (χ0n) is 14.0. The van der Waals surface area contributed by atoms with Crippen molar-refractivity contribution in [1.29, 1.82) is 0 Å². The predicted molar refractivity (Wildman–Crippen MR) is 81.7 cm³/mol. The molecule has 1 heterocycles. The van der Waals surface area contributed by atoms with Crippen LogP contribution in [0.25, 0.3) is 0 Å². The van der Waals surface area contributed by atoms with E-state index >= 15 is 0 Å². The van der Waals surface area contributed by atoms with Crippen LogP contribution in [-0.4, -0.2) is 54.3 Å². The highest BCUT2D eigenvalue weighted by atomic mass is 16.6. The molecule has 0 aromatic rings. The van der Waals surface area contributed by atoms with Crippen molar-refractivity contribution in [2.75, 3.05) is 13.7 Å². The maximum absolute atomic E-state index is 12.5. The van der Waals surface area contributed by atoms with E-state index in [1.807, 2.05) is 0 Å². The van der Waals surface area contributed by atoms with Crippen molar-refractivity contribution < 1.29 is 28.7 Å². The fraction of sp³-hybridized carbons (Fsp3) is 0.625. The lowest BCUT2D eigenvalue weighted by molar-refractivity contribution is -0.151. The number of rotatable bonds is 5. The molecule has 0 aliphatic carbocycles. The van der Waals surface area contributed by atoms with Gasteiger partial charge in [0, 0.05) is 6.42 Å². The molecule has 1 aliphatic rings. The van der Waals surface area contributed by atoms with Crippen LogP contribution in [0.1, 0.15) is 33.6 Å². The molecule has 0 spiro atoms. The van der Waals surface area contributed by atoms with Crippen LogP contribution in [0.15, 0.2) is 12.7 Å². The molecule has 128 valence electrons. The summed E-state index contributed by atoms with van der Waals surface area (Å²) in [6.07, 6.45) is 1.12. The van der Waals surface area contributed by atoms with Crippen LogP contribution in [0.4, 0.5) is 4.79 Å². The summed E-state index contributed by atoms with van der Waals surface area (Å²) in [5.41, 5.74) is -2.14. The van der Waals surface area contributed by atoms with Gasteiger partial charge in [0.25, 0.3) is 0 Å². The average molecular weight is 325 g/mol. The third kappa shape index (κ3) is 3.78. The lowest BCUT2D eigenvalue weighted by Crippen LogP contribution is -2.50. The lowest BCUT2D eigenvalue weighted by Gasteiger charge is -2.33. The van der Waals surface area contributed by atoms with Crippen LogP contribution >= 0.6 is 0 Å². The smallest absolute Gasteiger partial charge is 0.411 e. The first-order valence-electron chi connectivity index (χ1n) is 7.28. The molecule has 0 saturated carbocycles. The number of carbonyl (C=O) groups is 4. The van der Waals surface area contributed by atoms with Crippen molar-refractivity contribution in [2.45, 2.75) is 45.3 Å². The number of ether oxygens (including phenoxy) is 2. The Morgan fingerprint density at radius 3 is 2.43 bits per heavy atom. The Labute approximate surface area is 135 Å². The second-order valence-corrected chi connectivity index (χ2v) is 6.48. The molecule has 7 heteroatoms. The Hall–Kier alpha value is -2.18. The Morgan fingerprint density at radius 1 is 1.39 bits per heavy atom. The summed E-state index contributed by atoms with van der Waals surface area (Å²) in [4.78, 5) is 49.2. The van der Waals surface area contributed by atoms with Gasteiger partial charge in [0.1, 0.15) is 17.9 Å². The molecule has 1 fully saturated rings. The number of ketones is 1. The summed E-state index contributed by atoms with van der Waals surface area (Å²) in [7, 11) is 1.16. The van der Waals surface area contributed by atoms with E-state index in [2.05, 4.69) is 6.58 Å². The van der Waals surface area contributed by atoms with E-state index in [1.54, 1.807) is 20.8 Å². The van der Waals surface area contributed by atoms with Gasteiger partial charge in [-0.15, -0.1) is 6.58 Å². The van der Waals surface area contributed by atoms with Crippen molar-refractivity contribution in [3.8, 4) is 0 Å². The van der Waals surface area contributed by atoms with E-state index in [1.165, 1.54) is 6.08 Å². The molecular weight excluding hydrogens is 302 g/mol. The summed E-state index contributed by atoms with van der Waals surface area (Å²) in [5, 5.41) is 0. The first-order valence-corrected chi connectivity index (χ1v) is 7.28. The standard InChI is InChI=1S/C16H23NO6/c1-6-7-16(8-9-18)11(19)10-17(12(16)13(20)22-5)14(21)23-15(2,3)4/h6,9,12H,1,7-8,10H2,2-5H3/t12-,16+/m1/s1. The average Bonchev–Trinajstić information content (AvgIpc) is 2.71. The number of amides is 1. The van der Waals surface area contributed by atoms with Crippen LogP contribution < -0.4 is 0 Å². The maximum Gasteiger partial charge on any atom is 0.411 e. The number of hydrogen-bond acceptors (Lipinski definition) is 6. The van der Waals surface area contributed by atoms with Gasteiger partial charge in [-0.05, 0) is 27.2 Å². The molecule has 0 unspecified atom stereocenters. The minimum Gasteiger partial charge on any atom is -0.467 e. The van der Waals surface area contributed by atoms with Crippen molar-refractivity contribution in [3.05, 3.63) is 12.7 Å². The Morgan fingerprint density at radius 2 is 2.00 bits per heavy atom. The first-order chi connectivity index (χ1) is 10.6. The molecule has 1 amide bonds. The summed E-state index contributed by atoms with van der Waals surface area (Å²) < 4.78 is 10.0. The molecule has 7 nitrogen and oxygen atoms in total. The van der Waals surface area contributed by atoms with E-state index in [-0.39, 0.29) is 25.2 Å². The molecule has 0 radical (unpaired) electrons. The molecule has 0 aromatic carbocycles. The van der Waals surface area contributed by atoms with Crippen LogP contribution in [0, 0.1) is 5.41 Å². The molecule has 0 aromatic heterocycles. The van der Waals surface area contributed by atoms with Crippen LogP contribution in [0.2, 0.25) is 0 Å². The predicted octanol–water partition coefficient (Wildman–Crippen LogP) is 1.50. The van der Waals surface area contributed by atoms with Gasteiger partial charge in [-0.1, -0.05) is 6.08 Å². The van der Waals surface area contributed by atoms with Gasteiger partial charge in [0.15, 0.2) is 5.78 Å². The molecule has 1 saturated heterocycles. The van der Waals surface area contributed by atoms with Crippen LogP contribution in [-0.2, 0) is 23.9 Å². The van der Waals surface area contributed by atoms with Crippen molar-refractivity contribution in [2.24, 2.45) is 5.41 Å². The topological polar surface area (TPSA) is 90.0 Å². The highest BCUT2D eigenvalue weighted by Crippen LogP contribution is 2.41. The Bertz CT molecular complexity index is 509. The monoisotopic (exact) mass is 325 g/mol. The third-order valence-electron chi connectivity index (χ3n) is 3.71. The number of nitrogens with zero attached hydrogens (tertiary/aromatic N) is 1. The number of carbonyl (C=O) groups excluding carboxylic acids is 4. The summed E-state index contributed by atoms with van der Waals surface area (Å²) in [5.74, 6) is -1.14. The molecule has 1 aliphatic heterocycles. The number of likely N-dealkylation sites (tertiary alicyclic amines) is 1. The van der Waals surface area contributed by atoms with Crippen molar-refractivity contribution in [3.63, 3.8) is 0 Å². The lowest BCUT2D eigenvalue weighted by atomic mass is 9.74. The number of Topliss-reactive ketones (excluding diaryl/α,β-unsaturated/α-hetero) is 1. The van der Waals surface area contributed by atoms with E-state index < -0.39 is 29.1 Å². The highest BCUT2D eigenvalue weighted by molar-refractivity contribution is 6.01. The van der Waals surface area contributed by atoms with Crippen molar-refractivity contribution in [1.82, 2.24) is 4.90 Å². The normalized spacial score (nSPS) is 24.3. The number of aldehydes is 1. The maximum atomic E-state index is 12.5. The van der Waals surface area contributed by atoms with Crippen LogP contribution in [0.3, 0.4) is 0 Å². The first kappa shape index (κ1) is 18.9. The largest absolute Gasteiger partial charge is 0.467 e. The van der Waals surface area contributed by atoms with E-state index in [0.29, 0.717) is 6.29 Å². The number of allylic oxidation sites excluding steroid dienone is 1. The fourth-order valence-corrected chi connectivity index (χ4v) is 2.75. The van der Waals surface area contributed by atoms with E-state index in [4.69, 9.17) is 9.47 Å². The highest BCUT2D eigenvalue weighted by Gasteiger charge is 2.59. The van der Waals surface area contributed by atoms with Crippen molar-refractivity contribution >= 4 is 24.1 Å². The zero-order valence-corrected chi connectivity index (χ0v) is 14.0. The number of hydrogen-bond donors (Lipinski definition) is 0. The molecule has 1 rings (SSSR count). The van der Waals surface area contributed by atoms with Gasteiger partial charge in [-0.25, -0.2) is 9.59 Å². The van der Waals surface area contributed by atoms with Gasteiger partial charge < -0.3 is 14.3 Å². The Balaban J connectivity index is 3.30. The second kappa shape index (κ2) is 6.93. The zero-order chi connectivity index (χ0) is 17.8. The minimum absolute atomic E-state index is 0.0869. The Kier molecular flexibility index (Phi) is 5.69. The third-order valence-corrected chi connectivity index (χ3v) is 3.71. The molecule has 23 heavy (non-hydrogen) atoms. The summed E-state index contributed by atoms with van der Waals surface area (Å²) in [6.45, 7) is 8.31. The second-order valence-electron chi connectivity index (χ2n) is 6.48. The fourth-order valence-electron chi connectivity index (χ4n) is 2.75. The van der Waals surface area contributed by atoms with Gasteiger partial charge in [-0.3, -0.25) is 9.69 Å². The SMILES string of the molecule is C=CC[C@]1(CC=O)C(=O)CN(C(=O)OC(C)(C)C)[C@@H]1C(=O)OC. The quantitative estimate of drug-likeness (QED) is 0.432. The molecule has 0 bridgehead atoms. The molecule has 0 N–H and O–H groups in total. The van der Waals surface area contributed by atoms with E-state index in [0.717, 1.165) is 12.0 Å². The summed E-state index contributed by atoms with van der Waals surface area (Å²) >= 11 is 0. The van der Waals surface area contributed by atoms with Gasteiger partial charge in [-0.2, -0.15) is 0 Å². The molecule has 2 atom stereocenters. The van der Waals surface area contributed by atoms with Gasteiger partial charge in [0.05, 0.1) is 19.1 Å². The van der Waals surface area contributed by atoms with E-state index in [9.17, 15) is 19.2 Å². The minimum atomic E-state index is -1.35.